The number of fused-ring (bicyclic) bond motifs is 3. The molecule has 0 saturated carbocycles. The van der Waals surface area contributed by atoms with Gasteiger partial charge in [-0.15, -0.1) is 11.3 Å². The van der Waals surface area contributed by atoms with Crippen molar-refractivity contribution in [2.24, 2.45) is 5.10 Å². The second-order valence-corrected chi connectivity index (χ2v) is 8.87. The van der Waals surface area contributed by atoms with E-state index in [0.29, 0.717) is 5.56 Å². The minimum absolute atomic E-state index is 0.0160. The SMILES string of the molecule is Cc1ccc(C(=O)C2Oc3ccc(Br)cc3C3CC(c4cccs4)=NN23)cc1. The molecule has 3 aromatic rings. The molecule has 0 radical (unpaired) electrons. The molecule has 2 atom stereocenters. The summed E-state index contributed by atoms with van der Waals surface area (Å²) in [6.07, 6.45) is -0.00999. The van der Waals surface area contributed by atoms with Gasteiger partial charge in [0.2, 0.25) is 5.78 Å². The Bertz CT molecular complexity index is 1080. The second kappa shape index (κ2) is 6.87. The first-order valence-electron chi connectivity index (χ1n) is 9.07. The molecule has 2 aliphatic heterocycles. The van der Waals surface area contributed by atoms with E-state index < -0.39 is 6.23 Å². The van der Waals surface area contributed by atoms with E-state index in [0.717, 1.165) is 38.4 Å². The number of Topliss-reactive ketones (excluding diaryl/α,β-unsaturated/α-hetero) is 1. The van der Waals surface area contributed by atoms with E-state index in [4.69, 9.17) is 9.84 Å². The lowest BCUT2D eigenvalue weighted by Gasteiger charge is -2.37. The van der Waals surface area contributed by atoms with E-state index >= 15 is 0 Å². The number of rotatable bonds is 3. The van der Waals surface area contributed by atoms with Crippen LogP contribution in [0.1, 0.15) is 38.8 Å². The summed E-state index contributed by atoms with van der Waals surface area (Å²) in [5.74, 6) is 0.673. The molecule has 0 saturated heterocycles. The van der Waals surface area contributed by atoms with Crippen molar-refractivity contribution >= 4 is 38.8 Å². The van der Waals surface area contributed by atoms with E-state index in [1.54, 1.807) is 11.3 Å². The van der Waals surface area contributed by atoms with E-state index in [2.05, 4.69) is 28.1 Å². The van der Waals surface area contributed by atoms with E-state index in [9.17, 15) is 4.79 Å². The van der Waals surface area contributed by atoms with Crippen LogP contribution in [0.2, 0.25) is 0 Å². The maximum atomic E-state index is 13.3. The Balaban J connectivity index is 1.57. The fourth-order valence-electron chi connectivity index (χ4n) is 3.68. The normalized spacial score (nSPS) is 20.2. The van der Waals surface area contributed by atoms with Crippen LogP contribution in [0.15, 0.2) is 69.6 Å². The Morgan fingerprint density at radius 2 is 2.04 bits per heavy atom. The highest BCUT2D eigenvalue weighted by Crippen LogP contribution is 2.44. The van der Waals surface area contributed by atoms with Crippen LogP contribution < -0.4 is 4.74 Å². The predicted molar refractivity (Wildman–Crippen MR) is 114 cm³/mol. The van der Waals surface area contributed by atoms with Gasteiger partial charge in [-0.25, -0.2) is 5.01 Å². The van der Waals surface area contributed by atoms with Gasteiger partial charge >= 0.3 is 0 Å². The van der Waals surface area contributed by atoms with Crippen LogP contribution in [0, 0.1) is 6.92 Å². The number of hydrazone groups is 1. The number of carbonyl (C=O) groups excluding carboxylic acids is 1. The number of thiophene rings is 1. The van der Waals surface area contributed by atoms with E-state index in [1.807, 2.05) is 59.8 Å². The molecule has 2 aliphatic rings. The number of ether oxygens (including phenoxy) is 1. The maximum Gasteiger partial charge on any atom is 0.251 e. The molecule has 28 heavy (non-hydrogen) atoms. The molecule has 2 aromatic carbocycles. The zero-order chi connectivity index (χ0) is 19.3. The molecule has 5 rings (SSSR count). The van der Waals surface area contributed by atoms with Crippen LogP contribution in [0.5, 0.6) is 5.75 Å². The lowest BCUT2D eigenvalue weighted by Crippen LogP contribution is -2.45. The number of halogens is 1. The Hall–Kier alpha value is -2.44. The molecule has 2 unspecified atom stereocenters. The summed E-state index contributed by atoms with van der Waals surface area (Å²) < 4.78 is 7.15. The molecule has 1 aromatic heterocycles. The number of carbonyl (C=O) groups is 1. The largest absolute Gasteiger partial charge is 0.461 e. The molecule has 0 fully saturated rings. The van der Waals surface area contributed by atoms with Gasteiger partial charge in [-0.1, -0.05) is 51.8 Å². The van der Waals surface area contributed by atoms with Crippen LogP contribution >= 0.6 is 27.3 Å². The summed E-state index contributed by atoms with van der Waals surface area (Å²) in [5.41, 5.74) is 3.80. The van der Waals surface area contributed by atoms with Crippen LogP contribution in [0.4, 0.5) is 0 Å². The first-order valence-corrected chi connectivity index (χ1v) is 10.7. The highest BCUT2D eigenvalue weighted by atomic mass is 79.9. The smallest absolute Gasteiger partial charge is 0.251 e. The second-order valence-electron chi connectivity index (χ2n) is 7.01. The highest BCUT2D eigenvalue weighted by molar-refractivity contribution is 9.10. The zero-order valence-electron chi connectivity index (χ0n) is 15.1. The molecule has 0 amide bonds. The molecule has 0 bridgehead atoms. The van der Waals surface area contributed by atoms with E-state index in [1.165, 1.54) is 0 Å². The summed E-state index contributed by atoms with van der Waals surface area (Å²) in [4.78, 5) is 14.4. The van der Waals surface area contributed by atoms with Crippen LogP contribution in [-0.4, -0.2) is 22.7 Å². The number of benzene rings is 2. The van der Waals surface area contributed by atoms with Gasteiger partial charge in [-0.05, 0) is 36.6 Å². The number of hydrogen-bond donors (Lipinski definition) is 0. The zero-order valence-corrected chi connectivity index (χ0v) is 17.5. The number of nitrogens with zero attached hydrogens (tertiary/aromatic N) is 2. The third-order valence-corrected chi connectivity index (χ3v) is 6.53. The fraction of sp³-hybridized carbons (Fsp3) is 0.182. The summed E-state index contributed by atoms with van der Waals surface area (Å²) in [7, 11) is 0. The Labute approximate surface area is 175 Å². The average molecular weight is 453 g/mol. The molecule has 0 aliphatic carbocycles. The van der Waals surface area contributed by atoms with Crippen molar-refractivity contribution in [3.05, 3.63) is 86.0 Å². The van der Waals surface area contributed by atoms with Crippen molar-refractivity contribution in [3.63, 3.8) is 0 Å². The third-order valence-electron chi connectivity index (χ3n) is 5.12. The lowest BCUT2D eigenvalue weighted by molar-refractivity contribution is -0.00459. The Kier molecular flexibility index (Phi) is 4.33. The Morgan fingerprint density at radius 1 is 1.21 bits per heavy atom. The molecule has 3 heterocycles. The lowest BCUT2D eigenvalue weighted by atomic mass is 9.97. The topological polar surface area (TPSA) is 41.9 Å². The van der Waals surface area contributed by atoms with Gasteiger partial charge in [0.1, 0.15) is 5.75 Å². The predicted octanol–water partition coefficient (Wildman–Crippen LogP) is 5.57. The minimum atomic E-state index is -0.765. The molecular weight excluding hydrogens is 436 g/mol. The van der Waals surface area contributed by atoms with Crippen molar-refractivity contribution in [1.82, 2.24) is 5.01 Å². The van der Waals surface area contributed by atoms with Crippen molar-refractivity contribution in [2.45, 2.75) is 25.6 Å². The summed E-state index contributed by atoms with van der Waals surface area (Å²) in [6.45, 7) is 2.01. The van der Waals surface area contributed by atoms with Crippen molar-refractivity contribution in [2.75, 3.05) is 0 Å². The van der Waals surface area contributed by atoms with Crippen molar-refractivity contribution in [3.8, 4) is 5.75 Å². The first-order chi connectivity index (χ1) is 13.6. The molecule has 6 heteroatoms. The standard InChI is InChI=1S/C22H17BrN2O2S/c1-13-4-6-14(7-5-13)21(26)22-25-18(12-17(24-25)20-3-2-10-28-20)16-11-15(23)8-9-19(16)27-22/h2-11,18,22H,12H2,1H3. The molecule has 4 nitrogen and oxygen atoms in total. The Morgan fingerprint density at radius 3 is 2.79 bits per heavy atom. The minimum Gasteiger partial charge on any atom is -0.461 e. The van der Waals surface area contributed by atoms with Gasteiger partial charge in [-0.3, -0.25) is 4.79 Å². The highest BCUT2D eigenvalue weighted by Gasteiger charge is 2.43. The maximum absolute atomic E-state index is 13.3. The number of aryl methyl sites for hydroxylation is 1. The molecular formula is C22H17BrN2O2S. The summed E-state index contributed by atoms with van der Waals surface area (Å²) >= 11 is 5.22. The first kappa shape index (κ1) is 17.6. The quantitative estimate of drug-likeness (QED) is 0.487. The average Bonchev–Trinajstić information content (AvgIpc) is 3.37. The van der Waals surface area contributed by atoms with Gasteiger partial charge in [0.15, 0.2) is 0 Å². The molecule has 140 valence electrons. The summed E-state index contributed by atoms with van der Waals surface area (Å²) in [6, 6.07) is 17.6. The fourth-order valence-corrected chi connectivity index (χ4v) is 4.78. The van der Waals surface area contributed by atoms with E-state index in [-0.39, 0.29) is 11.8 Å². The molecule has 0 spiro atoms. The van der Waals surface area contributed by atoms with Crippen LogP contribution in [0.3, 0.4) is 0 Å². The number of hydrogen-bond acceptors (Lipinski definition) is 5. The van der Waals surface area contributed by atoms with Gasteiger partial charge in [0.25, 0.3) is 6.23 Å². The van der Waals surface area contributed by atoms with Gasteiger partial charge in [0.05, 0.1) is 16.6 Å². The van der Waals surface area contributed by atoms with Crippen LogP contribution in [-0.2, 0) is 0 Å². The van der Waals surface area contributed by atoms with Gasteiger partial charge in [0, 0.05) is 22.0 Å². The monoisotopic (exact) mass is 452 g/mol. The van der Waals surface area contributed by atoms with Crippen LogP contribution in [0.25, 0.3) is 0 Å². The van der Waals surface area contributed by atoms with Crippen molar-refractivity contribution < 1.29 is 9.53 Å². The van der Waals surface area contributed by atoms with Crippen molar-refractivity contribution in [1.29, 1.82) is 0 Å². The summed E-state index contributed by atoms with van der Waals surface area (Å²) in [5, 5.41) is 8.71. The molecule has 0 N–H and O–H groups in total. The van der Waals surface area contributed by atoms with Gasteiger partial charge in [-0.2, -0.15) is 5.10 Å². The number of ketones is 1. The third kappa shape index (κ3) is 2.97. The van der Waals surface area contributed by atoms with Gasteiger partial charge < -0.3 is 4.74 Å².